The Bertz CT molecular complexity index is 1280. The zero-order valence-electron chi connectivity index (χ0n) is 18.3. The smallest absolute Gasteiger partial charge is 0.245 e. The van der Waals surface area contributed by atoms with Gasteiger partial charge in [-0.05, 0) is 11.1 Å². The summed E-state index contributed by atoms with van der Waals surface area (Å²) in [5, 5.41) is 0. The minimum atomic E-state index is -0.0888. The summed E-state index contributed by atoms with van der Waals surface area (Å²) in [5.74, 6) is 0. The van der Waals surface area contributed by atoms with Crippen molar-refractivity contribution in [3.05, 3.63) is 138 Å². The molecule has 0 N–H and O–H groups in total. The fourth-order valence-corrected chi connectivity index (χ4v) is 4.33. The Morgan fingerprint density at radius 2 is 1.33 bits per heavy atom. The summed E-state index contributed by atoms with van der Waals surface area (Å²) in [6.07, 6.45) is 8.02. The van der Waals surface area contributed by atoms with E-state index in [1.165, 1.54) is 5.56 Å². The van der Waals surface area contributed by atoms with Crippen LogP contribution in [0.1, 0.15) is 16.7 Å². The summed E-state index contributed by atoms with van der Waals surface area (Å²) in [6.45, 7) is 0.488. The predicted molar refractivity (Wildman–Crippen MR) is 129 cm³/mol. The van der Waals surface area contributed by atoms with Crippen LogP contribution in [-0.4, -0.2) is 26.4 Å². The molecule has 5 nitrogen and oxygen atoms in total. The third-order valence-corrected chi connectivity index (χ3v) is 6.00. The summed E-state index contributed by atoms with van der Waals surface area (Å²) < 4.78 is 1.57. The molecule has 2 heterocycles. The van der Waals surface area contributed by atoms with Gasteiger partial charge in [0.15, 0.2) is 5.70 Å². The van der Waals surface area contributed by atoms with Crippen molar-refractivity contribution in [3.8, 4) is 0 Å². The number of hydrogen-bond acceptors (Lipinski definition) is 3. The van der Waals surface area contributed by atoms with Crippen LogP contribution in [0.4, 0.5) is 4.79 Å². The van der Waals surface area contributed by atoms with Crippen LogP contribution < -0.4 is 0 Å². The molecular weight excluding hydrogens is 408 g/mol. The Kier molecular flexibility index (Phi) is 5.79. The topological polar surface area (TPSA) is 47.2 Å². The molecule has 0 bridgehead atoms. The van der Waals surface area contributed by atoms with E-state index in [-0.39, 0.29) is 10.5 Å². The zero-order chi connectivity index (χ0) is 22.5. The summed E-state index contributed by atoms with van der Waals surface area (Å²) in [6, 6.07) is 30.6. The van der Waals surface area contributed by atoms with Crippen molar-refractivity contribution in [2.24, 2.45) is 4.99 Å². The van der Waals surface area contributed by atoms with E-state index in [9.17, 15) is 4.79 Å². The number of carbonyl (C=O) groups excluding carboxylic acids is 1. The molecule has 1 aliphatic rings. The maximum Gasteiger partial charge on any atom is 0.439 e. The second-order valence-electron chi connectivity index (χ2n) is 8.23. The van der Waals surface area contributed by atoms with Gasteiger partial charge in [-0.15, -0.1) is 0 Å². The molecular formula is C28H25N4O+. The molecule has 1 atom stereocenters. The van der Waals surface area contributed by atoms with Gasteiger partial charge in [0.2, 0.25) is 6.34 Å². The van der Waals surface area contributed by atoms with Gasteiger partial charge in [0.05, 0.1) is 6.42 Å². The highest BCUT2D eigenvalue weighted by Crippen LogP contribution is 2.34. The predicted octanol–water partition coefficient (Wildman–Crippen LogP) is 5.61. The van der Waals surface area contributed by atoms with Crippen molar-refractivity contribution in [2.45, 2.75) is 19.4 Å². The molecule has 1 aromatic heterocycles. The third kappa shape index (κ3) is 4.31. The molecule has 162 valence electrons. The maximum absolute atomic E-state index is 14.0. The van der Waals surface area contributed by atoms with E-state index in [2.05, 4.69) is 41.4 Å². The quantitative estimate of drug-likeness (QED) is 0.371. The number of benzene rings is 3. The second-order valence-corrected chi connectivity index (χ2v) is 8.23. The minimum Gasteiger partial charge on any atom is -0.245 e. The summed E-state index contributed by atoms with van der Waals surface area (Å²) in [7, 11) is 0. The van der Waals surface area contributed by atoms with Crippen LogP contribution in [0.3, 0.4) is 0 Å². The van der Waals surface area contributed by atoms with Crippen LogP contribution in [0.2, 0.25) is 0 Å². The number of aliphatic imine (C=N–C) groups is 1. The third-order valence-electron chi connectivity index (χ3n) is 6.00. The normalized spacial score (nSPS) is 17.5. The Balaban J connectivity index is 1.64. The van der Waals surface area contributed by atoms with Gasteiger partial charge in [0.25, 0.3) is 0 Å². The van der Waals surface area contributed by atoms with Gasteiger partial charge in [0, 0.05) is 24.4 Å². The molecule has 0 spiro atoms. The molecule has 1 amide bonds. The number of nitrogens with zero attached hydrogens (tertiary/aromatic N) is 4. The van der Waals surface area contributed by atoms with E-state index < -0.39 is 0 Å². The highest BCUT2D eigenvalue weighted by Gasteiger charge is 2.46. The number of aromatic nitrogens is 2. The van der Waals surface area contributed by atoms with E-state index in [0.717, 1.165) is 22.5 Å². The molecule has 1 aliphatic heterocycles. The average Bonchev–Trinajstić information content (AvgIpc) is 3.51. The van der Waals surface area contributed by atoms with Gasteiger partial charge < -0.3 is 0 Å². The Morgan fingerprint density at radius 3 is 1.91 bits per heavy atom. The largest absolute Gasteiger partial charge is 0.439 e. The number of hydrogen-bond donors (Lipinski definition) is 0. The average molecular weight is 434 g/mol. The first-order chi connectivity index (χ1) is 16.2. The van der Waals surface area contributed by atoms with Gasteiger partial charge in [0.1, 0.15) is 18.6 Å². The van der Waals surface area contributed by atoms with Crippen molar-refractivity contribution in [1.82, 2.24) is 9.55 Å². The molecule has 4 aromatic rings. The molecule has 0 radical (unpaired) electrons. The highest BCUT2D eigenvalue weighted by molar-refractivity contribution is 5.81. The van der Waals surface area contributed by atoms with Crippen molar-refractivity contribution in [3.63, 3.8) is 0 Å². The number of quaternary nitrogens is 1. The van der Waals surface area contributed by atoms with Crippen LogP contribution >= 0.6 is 0 Å². The van der Waals surface area contributed by atoms with Gasteiger partial charge in [-0.3, -0.25) is 0 Å². The van der Waals surface area contributed by atoms with E-state index in [1.54, 1.807) is 23.3 Å². The molecule has 3 aromatic carbocycles. The Labute approximate surface area is 193 Å². The lowest BCUT2D eigenvalue weighted by Gasteiger charge is -2.30. The maximum atomic E-state index is 14.0. The molecule has 33 heavy (non-hydrogen) atoms. The van der Waals surface area contributed by atoms with Gasteiger partial charge in [-0.2, -0.15) is 4.48 Å². The standard InChI is InChI=1S/C28H25N4O/c33-28(31-17-16-29-21-31)32(20-25-14-8-3-9-15-25)22-30-26(18-23-10-4-1-5-11-23)27(32)19-24-12-6-2-7-13-24/h1-17,21-22H,18-20H2/q+1. The first kappa shape index (κ1) is 20.8. The fourth-order valence-electron chi connectivity index (χ4n) is 4.33. The molecule has 5 rings (SSSR count). The highest BCUT2D eigenvalue weighted by atomic mass is 16.2. The van der Waals surface area contributed by atoms with Crippen LogP contribution in [-0.2, 0) is 19.4 Å². The molecule has 0 fully saturated rings. The van der Waals surface area contributed by atoms with E-state index in [0.29, 0.717) is 19.4 Å². The van der Waals surface area contributed by atoms with Crippen molar-refractivity contribution in [2.75, 3.05) is 0 Å². The summed E-state index contributed by atoms with van der Waals surface area (Å²) >= 11 is 0. The van der Waals surface area contributed by atoms with E-state index in [1.807, 2.05) is 60.9 Å². The van der Waals surface area contributed by atoms with E-state index in [4.69, 9.17) is 4.99 Å². The van der Waals surface area contributed by atoms with Crippen LogP contribution in [0, 0.1) is 0 Å². The van der Waals surface area contributed by atoms with Crippen LogP contribution in [0.25, 0.3) is 0 Å². The lowest BCUT2D eigenvalue weighted by molar-refractivity contribution is -0.723. The molecule has 5 heteroatoms. The van der Waals surface area contributed by atoms with Gasteiger partial charge >= 0.3 is 6.03 Å². The fraction of sp³-hybridized carbons (Fsp3) is 0.107. The minimum absolute atomic E-state index is 0.0113. The Morgan fingerprint density at radius 1 is 0.758 bits per heavy atom. The number of imidazole rings is 1. The molecule has 0 saturated heterocycles. The van der Waals surface area contributed by atoms with Crippen molar-refractivity contribution >= 4 is 12.4 Å². The number of rotatable bonds is 6. The number of carbonyl (C=O) groups is 1. The number of allylic oxidation sites excluding steroid dienone is 2. The first-order valence-corrected chi connectivity index (χ1v) is 11.0. The first-order valence-electron chi connectivity index (χ1n) is 11.0. The molecule has 1 unspecified atom stereocenters. The van der Waals surface area contributed by atoms with Crippen molar-refractivity contribution < 1.29 is 9.28 Å². The van der Waals surface area contributed by atoms with Gasteiger partial charge in [-0.25, -0.2) is 19.3 Å². The lowest BCUT2D eigenvalue weighted by Crippen LogP contribution is -2.51. The molecule has 0 aliphatic carbocycles. The van der Waals surface area contributed by atoms with Crippen LogP contribution in [0.15, 0.2) is 126 Å². The number of amides is 1. The molecule has 0 saturated carbocycles. The zero-order valence-corrected chi connectivity index (χ0v) is 18.3. The monoisotopic (exact) mass is 433 g/mol. The van der Waals surface area contributed by atoms with E-state index >= 15 is 0 Å². The Hall–Kier alpha value is -4.09. The van der Waals surface area contributed by atoms with Gasteiger partial charge in [-0.1, -0.05) is 91.0 Å². The summed E-state index contributed by atoms with van der Waals surface area (Å²) in [5.41, 5.74) is 5.33. The SMILES string of the molecule is O=C(n1ccnc1)[N+]1(Cc2ccccc2)C=NC(Cc2ccccc2)=C1Cc1ccccc1. The summed E-state index contributed by atoms with van der Waals surface area (Å²) in [4.78, 5) is 23.0. The lowest BCUT2D eigenvalue weighted by atomic mass is 10.0. The second kappa shape index (κ2) is 9.18. The van der Waals surface area contributed by atoms with Crippen molar-refractivity contribution in [1.29, 1.82) is 0 Å². The van der Waals surface area contributed by atoms with Crippen LogP contribution in [0.5, 0.6) is 0 Å².